The summed E-state index contributed by atoms with van der Waals surface area (Å²) in [7, 11) is 0. The molecular formula is C21H19N3O4. The minimum absolute atomic E-state index is 0.216. The first-order valence-electron chi connectivity index (χ1n) is 8.28. The molecule has 1 aromatic carbocycles. The number of allylic oxidation sites excluding steroid dienone is 4. The molecule has 0 radical (unpaired) electrons. The maximum absolute atomic E-state index is 11.1. The fourth-order valence-electron chi connectivity index (χ4n) is 1.96. The molecule has 7 heteroatoms. The van der Waals surface area contributed by atoms with Crippen LogP contribution in [0.4, 0.5) is 0 Å². The van der Waals surface area contributed by atoms with Gasteiger partial charge in [-0.25, -0.2) is 14.8 Å². The van der Waals surface area contributed by atoms with Crippen molar-refractivity contribution in [3.8, 4) is 0 Å². The lowest BCUT2D eigenvalue weighted by Crippen LogP contribution is -2.09. The maximum Gasteiger partial charge on any atom is 0.354 e. The van der Waals surface area contributed by atoms with Gasteiger partial charge < -0.3 is 14.6 Å². The Morgan fingerprint density at radius 2 is 1.75 bits per heavy atom. The molecule has 0 bridgehead atoms. The van der Waals surface area contributed by atoms with Gasteiger partial charge in [0.2, 0.25) is 0 Å². The van der Waals surface area contributed by atoms with E-state index in [0.717, 1.165) is 11.1 Å². The predicted molar refractivity (Wildman–Crippen MR) is 110 cm³/mol. The SMILES string of the molecule is O=C(O)C1=N/C=C\N=CO\C=C/C=C\C=C/c2ccccc2CN=COC=C1. The van der Waals surface area contributed by atoms with E-state index in [2.05, 4.69) is 15.0 Å². The summed E-state index contributed by atoms with van der Waals surface area (Å²) in [6.45, 7) is 0.422. The predicted octanol–water partition coefficient (Wildman–Crippen LogP) is 3.88. The first kappa shape index (κ1) is 20.3. The molecule has 0 unspecified atom stereocenters. The van der Waals surface area contributed by atoms with Crippen LogP contribution in [-0.2, 0) is 20.8 Å². The largest absolute Gasteiger partial charge is 0.477 e. The lowest BCUT2D eigenvalue weighted by molar-refractivity contribution is -0.129. The van der Waals surface area contributed by atoms with Crippen molar-refractivity contribution in [1.82, 2.24) is 0 Å². The summed E-state index contributed by atoms with van der Waals surface area (Å²) in [5, 5.41) is 9.10. The number of hydrogen-bond acceptors (Lipinski definition) is 6. The van der Waals surface area contributed by atoms with Gasteiger partial charge in [0.15, 0.2) is 18.5 Å². The zero-order valence-electron chi connectivity index (χ0n) is 15.0. The Labute approximate surface area is 162 Å². The Bertz CT molecular complexity index is 891. The molecule has 0 saturated heterocycles. The number of carbonyl (C=O) groups is 1. The number of benzene rings is 1. The standard InChI is InChI=1S/C21H19N3O4/c25-21(26)20-10-14-28-17-23-15-19-9-5-4-8-18(19)7-3-1-2-6-13-27-16-22-11-12-24-20/h1-14,16-17H,15H2,(H,25,26)/b2-1-,7-3-,12-11-,13-6-,14-10?,22-16?,23-17?,24-20?. The molecule has 0 aromatic heterocycles. The van der Waals surface area contributed by atoms with Crippen LogP contribution in [0.2, 0.25) is 0 Å². The fraction of sp³-hybridized carbons (Fsp3) is 0.0476. The van der Waals surface area contributed by atoms with E-state index in [1.165, 1.54) is 43.8 Å². The van der Waals surface area contributed by atoms with E-state index in [4.69, 9.17) is 14.6 Å². The van der Waals surface area contributed by atoms with Gasteiger partial charge in [-0.2, -0.15) is 0 Å². The monoisotopic (exact) mass is 377 g/mol. The quantitative estimate of drug-likeness (QED) is 0.804. The van der Waals surface area contributed by atoms with E-state index in [1.54, 1.807) is 6.08 Å². The number of nitrogens with zero attached hydrogens (tertiary/aromatic N) is 3. The average Bonchev–Trinajstić information content (AvgIpc) is 2.69. The Morgan fingerprint density at radius 3 is 2.64 bits per heavy atom. The van der Waals surface area contributed by atoms with Gasteiger partial charge in [0.1, 0.15) is 0 Å². The number of carboxylic acids is 1. The molecular weight excluding hydrogens is 358 g/mol. The van der Waals surface area contributed by atoms with Gasteiger partial charge in [0.05, 0.1) is 19.1 Å². The van der Waals surface area contributed by atoms with E-state index < -0.39 is 5.97 Å². The zero-order valence-corrected chi connectivity index (χ0v) is 15.0. The third-order valence-corrected chi connectivity index (χ3v) is 3.23. The molecule has 1 aromatic rings. The summed E-state index contributed by atoms with van der Waals surface area (Å²) in [6, 6.07) is 7.85. The van der Waals surface area contributed by atoms with Crippen LogP contribution in [0.3, 0.4) is 0 Å². The molecule has 1 aliphatic rings. The number of hydrogen-bond donors (Lipinski definition) is 1. The van der Waals surface area contributed by atoms with Crippen molar-refractivity contribution >= 4 is 30.6 Å². The highest BCUT2D eigenvalue weighted by Crippen LogP contribution is 2.12. The number of ether oxygens (including phenoxy) is 2. The Balaban J connectivity index is 2.19. The minimum Gasteiger partial charge on any atom is -0.477 e. The molecule has 1 aliphatic heterocycles. The van der Waals surface area contributed by atoms with Crippen molar-refractivity contribution in [2.75, 3.05) is 0 Å². The number of rotatable bonds is 1. The first-order chi connectivity index (χ1) is 13.8. The van der Waals surface area contributed by atoms with Gasteiger partial charge in [-0.15, -0.1) is 0 Å². The lowest BCUT2D eigenvalue weighted by Gasteiger charge is -2.01. The molecule has 2 rings (SSSR count). The summed E-state index contributed by atoms with van der Waals surface area (Å²) < 4.78 is 10.1. The molecule has 28 heavy (non-hydrogen) atoms. The van der Waals surface area contributed by atoms with Gasteiger partial charge in [-0.3, -0.25) is 4.99 Å². The summed E-state index contributed by atoms with van der Waals surface area (Å²) in [4.78, 5) is 22.9. The molecule has 1 heterocycles. The van der Waals surface area contributed by atoms with Crippen LogP contribution in [0.1, 0.15) is 11.1 Å². The Morgan fingerprint density at radius 1 is 0.929 bits per heavy atom. The average molecular weight is 377 g/mol. The zero-order chi connectivity index (χ0) is 19.9. The van der Waals surface area contributed by atoms with Crippen molar-refractivity contribution in [3.63, 3.8) is 0 Å². The van der Waals surface area contributed by atoms with E-state index in [0.29, 0.717) is 6.54 Å². The molecule has 1 N–H and O–H groups in total. The Hall–Kier alpha value is -4.00. The highest BCUT2D eigenvalue weighted by Gasteiger charge is 2.03. The third kappa shape index (κ3) is 7.92. The lowest BCUT2D eigenvalue weighted by atomic mass is 10.1. The summed E-state index contributed by atoms with van der Waals surface area (Å²) in [5.74, 6) is -1.20. The first-order valence-corrected chi connectivity index (χ1v) is 8.28. The maximum atomic E-state index is 11.1. The molecule has 0 fully saturated rings. The van der Waals surface area contributed by atoms with Gasteiger partial charge in [0, 0.05) is 18.5 Å². The van der Waals surface area contributed by atoms with Crippen LogP contribution in [0.15, 0.2) is 94.5 Å². The van der Waals surface area contributed by atoms with E-state index in [9.17, 15) is 4.79 Å². The van der Waals surface area contributed by atoms with E-state index in [1.807, 2.05) is 48.6 Å². The number of carboxylic acid groups (broad SMARTS) is 1. The van der Waals surface area contributed by atoms with Crippen LogP contribution in [0, 0.1) is 0 Å². The molecule has 0 spiro atoms. The molecule has 142 valence electrons. The fourth-order valence-corrected chi connectivity index (χ4v) is 1.96. The van der Waals surface area contributed by atoms with Crippen molar-refractivity contribution in [1.29, 1.82) is 0 Å². The van der Waals surface area contributed by atoms with Gasteiger partial charge in [-0.1, -0.05) is 48.6 Å². The highest BCUT2D eigenvalue weighted by atomic mass is 16.5. The summed E-state index contributed by atoms with van der Waals surface area (Å²) in [6.07, 6.45) is 18.1. The summed E-state index contributed by atoms with van der Waals surface area (Å²) >= 11 is 0. The van der Waals surface area contributed by atoms with Crippen molar-refractivity contribution in [2.24, 2.45) is 15.0 Å². The molecule has 0 amide bonds. The van der Waals surface area contributed by atoms with Crippen molar-refractivity contribution < 1.29 is 19.4 Å². The number of fused-ring (bicyclic) bond motifs is 1. The van der Waals surface area contributed by atoms with Gasteiger partial charge >= 0.3 is 5.97 Å². The third-order valence-electron chi connectivity index (χ3n) is 3.23. The molecule has 0 saturated carbocycles. The Kier molecular flexibility index (Phi) is 8.97. The smallest absolute Gasteiger partial charge is 0.354 e. The number of aliphatic imine (C=N–C) groups is 3. The van der Waals surface area contributed by atoms with Crippen LogP contribution < -0.4 is 0 Å². The van der Waals surface area contributed by atoms with Gasteiger partial charge in [-0.05, 0) is 17.2 Å². The highest BCUT2D eigenvalue weighted by molar-refractivity contribution is 6.40. The van der Waals surface area contributed by atoms with Crippen LogP contribution in [-0.4, -0.2) is 29.6 Å². The van der Waals surface area contributed by atoms with Crippen LogP contribution >= 0.6 is 0 Å². The second-order valence-corrected chi connectivity index (χ2v) is 5.16. The second kappa shape index (κ2) is 12.4. The van der Waals surface area contributed by atoms with Crippen LogP contribution in [0.25, 0.3) is 6.08 Å². The topological polar surface area (TPSA) is 92.8 Å². The van der Waals surface area contributed by atoms with Gasteiger partial charge in [0.25, 0.3) is 0 Å². The molecule has 0 aliphatic carbocycles. The minimum atomic E-state index is -1.20. The number of aliphatic carboxylic acids is 1. The second-order valence-electron chi connectivity index (χ2n) is 5.16. The molecule has 0 atom stereocenters. The van der Waals surface area contributed by atoms with Crippen molar-refractivity contribution in [2.45, 2.75) is 6.54 Å². The van der Waals surface area contributed by atoms with E-state index >= 15 is 0 Å². The van der Waals surface area contributed by atoms with Crippen molar-refractivity contribution in [3.05, 3.63) is 90.7 Å². The summed E-state index contributed by atoms with van der Waals surface area (Å²) in [5.41, 5.74) is 1.84. The van der Waals surface area contributed by atoms with E-state index in [-0.39, 0.29) is 5.71 Å². The molecule has 7 nitrogen and oxygen atoms in total. The normalized spacial score (nSPS) is 19.6. The van der Waals surface area contributed by atoms with Crippen LogP contribution in [0.5, 0.6) is 0 Å².